The van der Waals surface area contributed by atoms with Crippen LogP contribution in [0.25, 0.3) is 5.57 Å². The number of benzene rings is 2. The monoisotopic (exact) mass is 509 g/mol. The SMILES string of the molecule is C[SiH](C)OC([C@H]1C=C(c2ccc(OCc3ccccc3)cc2)C(=O)N1C(=O)OC(C)(C)C)C(C)(C)C. The molecule has 0 N–H and O–H groups in total. The molecule has 7 heteroatoms. The number of carbonyl (C=O) groups is 2. The van der Waals surface area contributed by atoms with Gasteiger partial charge in [0.25, 0.3) is 5.91 Å². The van der Waals surface area contributed by atoms with Crippen molar-refractivity contribution in [2.45, 2.75) is 79.0 Å². The van der Waals surface area contributed by atoms with Gasteiger partial charge in [-0.1, -0.05) is 63.2 Å². The second-order valence-electron chi connectivity index (χ2n) is 11.5. The number of rotatable bonds is 7. The van der Waals surface area contributed by atoms with Crippen LogP contribution >= 0.6 is 0 Å². The smallest absolute Gasteiger partial charge is 0.417 e. The number of carbonyl (C=O) groups excluding carboxylic acids is 2. The highest BCUT2D eigenvalue weighted by molar-refractivity contribution is 6.48. The lowest BCUT2D eigenvalue weighted by molar-refractivity contribution is -0.126. The summed E-state index contributed by atoms with van der Waals surface area (Å²) in [5.41, 5.74) is 1.23. The molecule has 0 aromatic heterocycles. The van der Waals surface area contributed by atoms with Crippen LogP contribution in [0, 0.1) is 5.41 Å². The third-order valence-electron chi connectivity index (χ3n) is 5.67. The van der Waals surface area contributed by atoms with E-state index in [1.54, 1.807) is 20.8 Å². The van der Waals surface area contributed by atoms with Crippen LogP contribution in [0.5, 0.6) is 5.75 Å². The molecule has 0 saturated heterocycles. The Labute approximate surface area is 217 Å². The van der Waals surface area contributed by atoms with Crippen LogP contribution < -0.4 is 4.74 Å². The third kappa shape index (κ3) is 7.08. The molecule has 0 bridgehead atoms. The summed E-state index contributed by atoms with van der Waals surface area (Å²) < 4.78 is 17.9. The van der Waals surface area contributed by atoms with Crippen LogP contribution in [0.3, 0.4) is 0 Å². The maximum absolute atomic E-state index is 13.6. The van der Waals surface area contributed by atoms with Gasteiger partial charge in [0.2, 0.25) is 0 Å². The minimum Gasteiger partial charge on any atom is -0.489 e. The van der Waals surface area contributed by atoms with E-state index >= 15 is 0 Å². The minimum absolute atomic E-state index is 0.302. The molecule has 194 valence electrons. The molecule has 2 atom stereocenters. The molecule has 0 saturated carbocycles. The van der Waals surface area contributed by atoms with Gasteiger partial charge in [0.05, 0.1) is 12.1 Å². The fourth-order valence-corrected chi connectivity index (χ4v) is 5.26. The summed E-state index contributed by atoms with van der Waals surface area (Å²) in [6, 6.07) is 16.8. The third-order valence-corrected chi connectivity index (χ3v) is 6.51. The van der Waals surface area contributed by atoms with Gasteiger partial charge in [-0.05, 0) is 68.6 Å². The molecular weight excluding hydrogens is 470 g/mol. The van der Waals surface area contributed by atoms with E-state index < -0.39 is 26.8 Å². The van der Waals surface area contributed by atoms with E-state index in [9.17, 15) is 9.59 Å². The first-order chi connectivity index (χ1) is 16.8. The summed E-state index contributed by atoms with van der Waals surface area (Å²) in [5.74, 6) is 0.325. The molecule has 0 spiro atoms. The van der Waals surface area contributed by atoms with Gasteiger partial charge in [0, 0.05) is 5.57 Å². The summed E-state index contributed by atoms with van der Waals surface area (Å²) in [6.45, 7) is 16.2. The van der Waals surface area contributed by atoms with Gasteiger partial charge >= 0.3 is 6.09 Å². The van der Waals surface area contributed by atoms with Crippen molar-refractivity contribution in [1.29, 1.82) is 0 Å². The second-order valence-corrected chi connectivity index (χ2v) is 13.9. The molecule has 36 heavy (non-hydrogen) atoms. The van der Waals surface area contributed by atoms with E-state index in [1.807, 2.05) is 60.7 Å². The number of imide groups is 1. The summed E-state index contributed by atoms with van der Waals surface area (Å²) in [4.78, 5) is 28.1. The number of hydrogen-bond acceptors (Lipinski definition) is 5. The molecule has 0 fully saturated rings. The summed E-state index contributed by atoms with van der Waals surface area (Å²) in [6.07, 6.45) is 0.847. The summed E-state index contributed by atoms with van der Waals surface area (Å²) in [5, 5.41) is 0. The zero-order valence-corrected chi connectivity index (χ0v) is 23.9. The lowest BCUT2D eigenvalue weighted by Crippen LogP contribution is -2.53. The first kappa shape index (κ1) is 27.7. The Balaban J connectivity index is 1.90. The fourth-order valence-electron chi connectivity index (χ4n) is 4.10. The van der Waals surface area contributed by atoms with Crippen molar-refractivity contribution >= 4 is 26.6 Å². The number of amides is 2. The molecule has 1 unspecified atom stereocenters. The fraction of sp³-hybridized carbons (Fsp3) is 0.448. The molecule has 0 aliphatic carbocycles. The standard InChI is InChI=1S/C29H39NO5Si/c1-28(2,3)25(35-36(7)8)24-18-23(26(31)30(24)27(32)34-29(4,5)6)21-14-16-22(17-15-21)33-19-20-12-10-9-11-13-20/h9-18,24-25,36H,19H2,1-8H3/t24-,25?/m1/s1. The van der Waals surface area contributed by atoms with Crippen molar-refractivity contribution < 1.29 is 23.5 Å². The molecule has 2 aromatic carbocycles. The van der Waals surface area contributed by atoms with Gasteiger partial charge in [-0.25, -0.2) is 9.69 Å². The van der Waals surface area contributed by atoms with E-state index in [0.717, 1.165) is 11.1 Å². The van der Waals surface area contributed by atoms with E-state index in [0.29, 0.717) is 17.9 Å². The van der Waals surface area contributed by atoms with Crippen molar-refractivity contribution in [3.05, 3.63) is 71.8 Å². The van der Waals surface area contributed by atoms with Crippen molar-refractivity contribution in [3.63, 3.8) is 0 Å². The van der Waals surface area contributed by atoms with Crippen molar-refractivity contribution in [3.8, 4) is 5.75 Å². The Kier molecular flexibility index (Phi) is 8.47. The largest absolute Gasteiger partial charge is 0.489 e. The first-order valence-corrected chi connectivity index (χ1v) is 15.3. The van der Waals surface area contributed by atoms with Crippen LogP contribution in [-0.2, 0) is 20.6 Å². The number of ether oxygens (including phenoxy) is 2. The molecule has 1 heterocycles. The maximum Gasteiger partial charge on any atom is 0.417 e. The molecule has 1 aliphatic rings. The average molecular weight is 510 g/mol. The van der Waals surface area contributed by atoms with E-state index in [2.05, 4.69) is 33.9 Å². The first-order valence-electron chi connectivity index (χ1n) is 12.5. The minimum atomic E-state index is -1.48. The van der Waals surface area contributed by atoms with Crippen molar-refractivity contribution in [2.75, 3.05) is 0 Å². The van der Waals surface area contributed by atoms with E-state index in [1.165, 1.54) is 4.90 Å². The number of nitrogens with zero attached hydrogens (tertiary/aromatic N) is 1. The predicted molar refractivity (Wildman–Crippen MR) is 145 cm³/mol. The molecular formula is C29H39NO5Si. The zero-order valence-electron chi connectivity index (χ0n) is 22.7. The molecule has 1 aliphatic heterocycles. The van der Waals surface area contributed by atoms with Gasteiger partial charge in [0.1, 0.15) is 18.0 Å². The molecule has 2 aromatic rings. The Morgan fingerprint density at radius 2 is 1.58 bits per heavy atom. The average Bonchev–Trinajstić information content (AvgIpc) is 3.12. The zero-order chi connectivity index (χ0) is 26.7. The van der Waals surface area contributed by atoms with Gasteiger partial charge in [-0.2, -0.15) is 0 Å². The van der Waals surface area contributed by atoms with Crippen LogP contribution in [-0.4, -0.2) is 43.7 Å². The molecule has 2 amide bonds. The normalized spacial score (nSPS) is 17.2. The summed E-state index contributed by atoms with van der Waals surface area (Å²) in [7, 11) is -1.48. The predicted octanol–water partition coefficient (Wildman–Crippen LogP) is 6.21. The lowest BCUT2D eigenvalue weighted by atomic mass is 9.84. The van der Waals surface area contributed by atoms with E-state index in [-0.39, 0.29) is 17.4 Å². The highest BCUT2D eigenvalue weighted by Crippen LogP contribution is 2.37. The highest BCUT2D eigenvalue weighted by atomic mass is 28.3. The van der Waals surface area contributed by atoms with Gasteiger partial charge in [-0.3, -0.25) is 4.79 Å². The Bertz CT molecular complexity index is 1080. The van der Waals surface area contributed by atoms with Gasteiger partial charge in [0.15, 0.2) is 9.04 Å². The molecule has 6 nitrogen and oxygen atoms in total. The topological polar surface area (TPSA) is 65.1 Å². The highest BCUT2D eigenvalue weighted by Gasteiger charge is 2.47. The van der Waals surface area contributed by atoms with Gasteiger partial charge < -0.3 is 13.9 Å². The Hall–Kier alpha value is -2.90. The summed E-state index contributed by atoms with van der Waals surface area (Å²) >= 11 is 0. The number of hydrogen-bond donors (Lipinski definition) is 0. The van der Waals surface area contributed by atoms with Crippen LogP contribution in [0.1, 0.15) is 52.7 Å². The Morgan fingerprint density at radius 3 is 2.11 bits per heavy atom. The van der Waals surface area contributed by atoms with Crippen molar-refractivity contribution in [2.24, 2.45) is 5.41 Å². The van der Waals surface area contributed by atoms with E-state index in [4.69, 9.17) is 13.9 Å². The van der Waals surface area contributed by atoms with Crippen molar-refractivity contribution in [1.82, 2.24) is 4.90 Å². The second kappa shape index (κ2) is 11.0. The van der Waals surface area contributed by atoms with Crippen LogP contribution in [0.2, 0.25) is 13.1 Å². The van der Waals surface area contributed by atoms with Gasteiger partial charge in [-0.15, -0.1) is 0 Å². The maximum atomic E-state index is 13.6. The Morgan fingerprint density at radius 1 is 0.972 bits per heavy atom. The molecule has 0 radical (unpaired) electrons. The van der Waals surface area contributed by atoms with Crippen LogP contribution in [0.15, 0.2) is 60.7 Å². The van der Waals surface area contributed by atoms with Crippen LogP contribution in [0.4, 0.5) is 4.79 Å². The molecule has 3 rings (SSSR count). The lowest BCUT2D eigenvalue weighted by Gasteiger charge is -2.39. The quantitative estimate of drug-likeness (QED) is 0.415.